The lowest BCUT2D eigenvalue weighted by Crippen LogP contribution is -2.58. The van der Waals surface area contributed by atoms with E-state index in [1.165, 1.54) is 19.3 Å². The summed E-state index contributed by atoms with van der Waals surface area (Å²) in [5.74, 6) is 3.53. The van der Waals surface area contributed by atoms with Gasteiger partial charge in [-0.2, -0.15) is 15.0 Å². The molecule has 0 radical (unpaired) electrons. The van der Waals surface area contributed by atoms with Crippen LogP contribution in [0.15, 0.2) is 18.2 Å². The highest BCUT2D eigenvalue weighted by molar-refractivity contribution is 5.82. The third-order valence-electron chi connectivity index (χ3n) is 11.4. The van der Waals surface area contributed by atoms with Crippen molar-refractivity contribution in [2.45, 2.75) is 83.8 Å². The molecule has 0 bridgehead atoms. The van der Waals surface area contributed by atoms with Crippen LogP contribution in [0.1, 0.15) is 71.6 Å². The molecule has 4 aliphatic carbocycles. The molecule has 0 amide bonds. The van der Waals surface area contributed by atoms with E-state index in [2.05, 4.69) is 17.1 Å². The molecular formula is C30H43N3O4. The molecule has 4 aliphatic rings. The van der Waals surface area contributed by atoms with Gasteiger partial charge in [-0.05, 0) is 111 Å². The number of hydrogen-bond donors (Lipinski definition) is 1. The minimum Gasteiger partial charge on any atom is -0.497 e. The average Bonchev–Trinajstić information content (AvgIpc) is 3.43. The Kier molecular flexibility index (Phi) is 6.18. The summed E-state index contributed by atoms with van der Waals surface area (Å²) >= 11 is 0. The summed E-state index contributed by atoms with van der Waals surface area (Å²) in [7, 11) is 3.49. The van der Waals surface area contributed by atoms with Crippen LogP contribution in [0.2, 0.25) is 0 Å². The minimum absolute atomic E-state index is 0.0509. The van der Waals surface area contributed by atoms with E-state index < -0.39 is 5.60 Å². The van der Waals surface area contributed by atoms with Crippen molar-refractivity contribution in [3.8, 4) is 5.75 Å². The summed E-state index contributed by atoms with van der Waals surface area (Å²) in [6, 6.07) is 5.64. The van der Waals surface area contributed by atoms with Crippen molar-refractivity contribution in [3.63, 3.8) is 0 Å². The molecule has 0 aliphatic heterocycles. The largest absolute Gasteiger partial charge is 0.497 e. The summed E-state index contributed by atoms with van der Waals surface area (Å²) < 4.78 is 11.2. The maximum Gasteiger partial charge on any atom is 0.159 e. The van der Waals surface area contributed by atoms with Crippen molar-refractivity contribution in [1.82, 2.24) is 15.0 Å². The van der Waals surface area contributed by atoms with Crippen molar-refractivity contribution < 1.29 is 19.4 Å². The number of carbonyl (C=O) groups excluding carboxylic acids is 1. The van der Waals surface area contributed by atoms with Crippen LogP contribution in [0.3, 0.4) is 0 Å². The zero-order chi connectivity index (χ0) is 26.0. The Labute approximate surface area is 220 Å². The van der Waals surface area contributed by atoms with Crippen LogP contribution in [0.5, 0.6) is 5.75 Å². The molecule has 37 heavy (non-hydrogen) atoms. The first-order chi connectivity index (χ1) is 17.7. The second kappa shape index (κ2) is 9.04. The van der Waals surface area contributed by atoms with Gasteiger partial charge in [0.05, 0.1) is 19.3 Å². The Balaban J connectivity index is 1.21. The van der Waals surface area contributed by atoms with Gasteiger partial charge in [0.25, 0.3) is 0 Å². The summed E-state index contributed by atoms with van der Waals surface area (Å²) in [6.07, 6.45) is 9.65. The van der Waals surface area contributed by atoms with Gasteiger partial charge in [0, 0.05) is 19.1 Å². The molecule has 1 N–H and O–H groups in total. The van der Waals surface area contributed by atoms with Crippen LogP contribution in [0, 0.1) is 40.4 Å². The number of ketones is 1. The van der Waals surface area contributed by atoms with Gasteiger partial charge >= 0.3 is 0 Å². The molecule has 0 unspecified atom stereocenters. The Bertz CT molecular complexity index is 1180. The molecule has 7 heteroatoms. The van der Waals surface area contributed by atoms with E-state index in [1.54, 1.807) is 11.9 Å². The summed E-state index contributed by atoms with van der Waals surface area (Å²) in [5, 5.41) is 20.0. The number of fused-ring (bicyclic) bond motifs is 6. The van der Waals surface area contributed by atoms with Gasteiger partial charge in [0.15, 0.2) is 5.78 Å². The van der Waals surface area contributed by atoms with Gasteiger partial charge in [0.1, 0.15) is 23.3 Å². The lowest BCUT2D eigenvalue weighted by Gasteiger charge is -2.62. The van der Waals surface area contributed by atoms with Crippen LogP contribution in [0.25, 0.3) is 11.0 Å². The molecule has 202 valence electrons. The van der Waals surface area contributed by atoms with Crippen LogP contribution < -0.4 is 4.74 Å². The first-order valence-electron chi connectivity index (χ1n) is 14.3. The standard InChI is InChI=1S/C30H43N3O4/c1-28(35)13-14-30(18-36-3)19(16-28)5-7-21-22-8-9-24(29(22,2)12-11-23(21)30)27(34)17-33-31-25-10-6-20(37-4)15-26(25)32-33/h6,10,15,19,21-24,35H,5,7-9,11-14,16-18H2,1-4H3/t19-,21+,22+,23+,24-,28-,29+,30-/m1/s1. The normalized spacial score (nSPS) is 41.2. The number of nitrogens with zero attached hydrogens (tertiary/aromatic N) is 3. The second-order valence-electron chi connectivity index (χ2n) is 13.2. The highest BCUT2D eigenvalue weighted by Gasteiger charge is 2.63. The first kappa shape index (κ1) is 25.3. The average molecular weight is 510 g/mol. The van der Waals surface area contributed by atoms with Crippen LogP contribution >= 0.6 is 0 Å². The van der Waals surface area contributed by atoms with E-state index in [1.807, 2.05) is 32.2 Å². The lowest BCUT2D eigenvalue weighted by molar-refractivity contribution is -0.175. The fourth-order valence-electron chi connectivity index (χ4n) is 9.70. The lowest BCUT2D eigenvalue weighted by atomic mass is 9.43. The van der Waals surface area contributed by atoms with E-state index in [4.69, 9.17) is 9.47 Å². The van der Waals surface area contributed by atoms with Crippen molar-refractivity contribution in [2.24, 2.45) is 40.4 Å². The molecule has 0 spiro atoms. The number of aromatic nitrogens is 3. The fraction of sp³-hybridized carbons (Fsp3) is 0.767. The second-order valence-corrected chi connectivity index (χ2v) is 13.2. The molecule has 4 fully saturated rings. The van der Waals surface area contributed by atoms with Gasteiger partial charge in [-0.1, -0.05) is 6.92 Å². The molecule has 1 aromatic carbocycles. The number of carbonyl (C=O) groups is 1. The molecule has 2 aromatic rings. The predicted octanol–water partition coefficient (Wildman–Crippen LogP) is 5.05. The van der Waals surface area contributed by atoms with Crippen LogP contribution in [-0.2, 0) is 16.1 Å². The Morgan fingerprint density at radius 1 is 1.03 bits per heavy atom. The van der Waals surface area contributed by atoms with E-state index in [9.17, 15) is 9.90 Å². The van der Waals surface area contributed by atoms with Crippen molar-refractivity contribution in [2.75, 3.05) is 20.8 Å². The van der Waals surface area contributed by atoms with Gasteiger partial charge in [-0.3, -0.25) is 4.79 Å². The fourth-order valence-corrected chi connectivity index (χ4v) is 9.70. The predicted molar refractivity (Wildman–Crippen MR) is 141 cm³/mol. The SMILES string of the molecule is COC[C@]12CC[C@@](C)(O)C[C@H]1CC[C@H]1[C@@H]3CC[C@H](C(=O)Cn4nc5ccc(OC)cc5n4)[C@@]3(C)CC[C@@H]12. The highest BCUT2D eigenvalue weighted by Crippen LogP contribution is 2.68. The van der Waals surface area contributed by atoms with Gasteiger partial charge in [0.2, 0.25) is 0 Å². The number of ether oxygens (including phenoxy) is 2. The quantitative estimate of drug-likeness (QED) is 0.587. The van der Waals surface area contributed by atoms with Crippen molar-refractivity contribution >= 4 is 16.8 Å². The summed E-state index contributed by atoms with van der Waals surface area (Å²) in [6.45, 7) is 5.48. The molecular weight excluding hydrogens is 466 g/mol. The zero-order valence-corrected chi connectivity index (χ0v) is 22.9. The molecule has 0 saturated heterocycles. The van der Waals surface area contributed by atoms with Crippen LogP contribution in [0.4, 0.5) is 0 Å². The Morgan fingerprint density at radius 3 is 2.62 bits per heavy atom. The minimum atomic E-state index is -0.542. The monoisotopic (exact) mass is 509 g/mol. The molecule has 6 rings (SSSR count). The van der Waals surface area contributed by atoms with Crippen molar-refractivity contribution in [3.05, 3.63) is 18.2 Å². The summed E-state index contributed by atoms with van der Waals surface area (Å²) in [4.78, 5) is 15.3. The number of benzene rings is 1. The van der Waals surface area contributed by atoms with Gasteiger partial charge < -0.3 is 14.6 Å². The summed E-state index contributed by atoms with van der Waals surface area (Å²) in [5.41, 5.74) is 1.24. The van der Waals surface area contributed by atoms with E-state index in [0.717, 1.165) is 61.9 Å². The maximum atomic E-state index is 13.7. The third kappa shape index (κ3) is 4.03. The van der Waals surface area contributed by atoms with Crippen molar-refractivity contribution in [1.29, 1.82) is 0 Å². The number of aliphatic hydroxyl groups is 1. The number of rotatable bonds is 6. The van der Waals surface area contributed by atoms with E-state index >= 15 is 0 Å². The molecule has 4 saturated carbocycles. The first-order valence-corrected chi connectivity index (χ1v) is 14.3. The molecule has 8 atom stereocenters. The third-order valence-corrected chi connectivity index (χ3v) is 11.4. The molecule has 1 aromatic heterocycles. The molecule has 1 heterocycles. The van der Waals surface area contributed by atoms with Gasteiger partial charge in [-0.15, -0.1) is 0 Å². The number of methoxy groups -OCH3 is 2. The zero-order valence-electron chi connectivity index (χ0n) is 22.9. The Morgan fingerprint density at radius 2 is 1.84 bits per heavy atom. The molecule has 7 nitrogen and oxygen atoms in total. The topological polar surface area (TPSA) is 86.5 Å². The van der Waals surface area contributed by atoms with Gasteiger partial charge in [-0.25, -0.2) is 0 Å². The maximum absolute atomic E-state index is 13.7. The number of hydrogen-bond acceptors (Lipinski definition) is 6. The van der Waals surface area contributed by atoms with E-state index in [-0.39, 0.29) is 29.1 Å². The number of Topliss-reactive ketones (excluding diaryl/α,β-unsaturated/α-hetero) is 1. The Hall–Kier alpha value is -1.99. The van der Waals surface area contributed by atoms with E-state index in [0.29, 0.717) is 23.7 Å². The smallest absolute Gasteiger partial charge is 0.159 e. The van der Waals surface area contributed by atoms with Crippen LogP contribution in [-0.4, -0.2) is 52.3 Å². The highest BCUT2D eigenvalue weighted by atomic mass is 16.5.